The van der Waals surface area contributed by atoms with E-state index in [1.54, 1.807) is 0 Å². The van der Waals surface area contributed by atoms with Gasteiger partial charge in [0.1, 0.15) is 10.7 Å². The number of carbonyl (C=O) groups is 1. The number of hydrogen-bond acceptors (Lipinski definition) is 5. The molecule has 1 amide bonds. The van der Waals surface area contributed by atoms with Gasteiger partial charge in [-0.15, -0.1) is 5.10 Å². The second-order valence-corrected chi connectivity index (χ2v) is 6.64. The molecule has 0 saturated carbocycles. The van der Waals surface area contributed by atoms with Crippen molar-refractivity contribution in [3.05, 3.63) is 40.7 Å². The standard InChI is InChI=1S/C17H21N5OS/c1-4-12-16(24-21-20-12)17(23)18-10-9-15-19-13-7-5-6-8-14(13)22(15)11(2)3/h5-8,11H,4,9-10H2,1-3H3,(H,18,23). The Hall–Kier alpha value is -2.28. The largest absolute Gasteiger partial charge is 0.351 e. The van der Waals surface area contributed by atoms with Crippen LogP contribution in [0.2, 0.25) is 0 Å². The summed E-state index contributed by atoms with van der Waals surface area (Å²) in [5.74, 6) is 0.888. The van der Waals surface area contributed by atoms with Crippen LogP contribution in [-0.2, 0) is 12.8 Å². The third-order valence-corrected chi connectivity index (χ3v) is 4.68. The maximum absolute atomic E-state index is 12.3. The lowest BCUT2D eigenvalue weighted by Crippen LogP contribution is -2.26. The molecule has 1 aromatic carbocycles. The van der Waals surface area contributed by atoms with Crippen LogP contribution in [0.4, 0.5) is 0 Å². The Morgan fingerprint density at radius 3 is 2.88 bits per heavy atom. The molecule has 0 spiro atoms. The molecule has 24 heavy (non-hydrogen) atoms. The summed E-state index contributed by atoms with van der Waals surface area (Å²) in [6.07, 6.45) is 1.40. The van der Waals surface area contributed by atoms with E-state index >= 15 is 0 Å². The second-order valence-electron chi connectivity index (χ2n) is 5.89. The molecule has 3 rings (SSSR count). The average Bonchev–Trinajstić information content (AvgIpc) is 3.18. The van der Waals surface area contributed by atoms with Gasteiger partial charge in [0.15, 0.2) is 0 Å². The van der Waals surface area contributed by atoms with Crippen molar-refractivity contribution in [2.75, 3.05) is 6.54 Å². The normalized spacial score (nSPS) is 11.3. The van der Waals surface area contributed by atoms with Gasteiger partial charge in [-0.25, -0.2) is 4.98 Å². The Balaban J connectivity index is 1.72. The predicted molar refractivity (Wildman–Crippen MR) is 95.4 cm³/mol. The van der Waals surface area contributed by atoms with Crippen LogP contribution in [0, 0.1) is 0 Å². The number of amides is 1. The molecule has 0 bridgehead atoms. The number of hydrogen-bond donors (Lipinski definition) is 1. The maximum Gasteiger partial charge on any atom is 0.264 e. The highest BCUT2D eigenvalue weighted by atomic mass is 32.1. The molecule has 2 aromatic heterocycles. The van der Waals surface area contributed by atoms with Gasteiger partial charge in [-0.05, 0) is 43.9 Å². The number of aromatic nitrogens is 4. The minimum Gasteiger partial charge on any atom is -0.351 e. The Labute approximate surface area is 145 Å². The third-order valence-electron chi connectivity index (χ3n) is 3.92. The third kappa shape index (κ3) is 3.17. The molecule has 6 nitrogen and oxygen atoms in total. The monoisotopic (exact) mass is 343 g/mol. The minimum atomic E-state index is -0.103. The van der Waals surface area contributed by atoms with Crippen LogP contribution in [0.25, 0.3) is 11.0 Å². The molecule has 0 radical (unpaired) electrons. The van der Waals surface area contributed by atoms with Gasteiger partial charge in [0.25, 0.3) is 5.91 Å². The summed E-state index contributed by atoms with van der Waals surface area (Å²) in [5, 5.41) is 6.94. The fraction of sp³-hybridized carbons (Fsp3) is 0.412. The highest BCUT2D eigenvalue weighted by molar-refractivity contribution is 7.08. The van der Waals surface area contributed by atoms with Crippen LogP contribution in [0.1, 0.15) is 48.0 Å². The van der Waals surface area contributed by atoms with Crippen LogP contribution >= 0.6 is 11.5 Å². The number of imidazole rings is 1. The van der Waals surface area contributed by atoms with Gasteiger partial charge in [-0.2, -0.15) is 0 Å². The maximum atomic E-state index is 12.3. The number of benzene rings is 1. The number of nitrogens with zero attached hydrogens (tertiary/aromatic N) is 4. The summed E-state index contributed by atoms with van der Waals surface area (Å²) in [6, 6.07) is 8.44. The first-order valence-corrected chi connectivity index (χ1v) is 8.94. The van der Waals surface area contributed by atoms with Crippen LogP contribution in [0.15, 0.2) is 24.3 Å². The van der Waals surface area contributed by atoms with E-state index in [4.69, 9.17) is 4.98 Å². The number of rotatable bonds is 6. The summed E-state index contributed by atoms with van der Waals surface area (Å²) in [5.41, 5.74) is 2.88. The lowest BCUT2D eigenvalue weighted by molar-refractivity contribution is 0.0957. The molecule has 0 fully saturated rings. The first kappa shape index (κ1) is 16.6. The van der Waals surface area contributed by atoms with Crippen molar-refractivity contribution in [1.29, 1.82) is 0 Å². The van der Waals surface area contributed by atoms with Gasteiger partial charge in [0.05, 0.1) is 16.7 Å². The number of carbonyl (C=O) groups excluding carboxylic acids is 1. The van der Waals surface area contributed by atoms with E-state index in [0.717, 1.165) is 34.1 Å². The van der Waals surface area contributed by atoms with Gasteiger partial charge in [-0.3, -0.25) is 4.79 Å². The molecule has 2 heterocycles. The van der Waals surface area contributed by atoms with E-state index in [1.165, 1.54) is 0 Å². The summed E-state index contributed by atoms with van der Waals surface area (Å²) < 4.78 is 6.09. The smallest absolute Gasteiger partial charge is 0.264 e. The molecule has 0 atom stereocenters. The Morgan fingerprint density at radius 1 is 1.33 bits per heavy atom. The molecule has 3 aromatic rings. The summed E-state index contributed by atoms with van der Waals surface area (Å²) in [6.45, 7) is 6.80. The molecule has 0 unspecified atom stereocenters. The number of nitrogens with one attached hydrogen (secondary N) is 1. The van der Waals surface area contributed by atoms with Gasteiger partial charge in [0, 0.05) is 19.0 Å². The Kier molecular flexibility index (Phi) is 4.89. The zero-order valence-electron chi connectivity index (χ0n) is 14.1. The lowest BCUT2D eigenvalue weighted by Gasteiger charge is -2.13. The average molecular weight is 343 g/mol. The van der Waals surface area contributed by atoms with E-state index in [1.807, 2.05) is 25.1 Å². The SMILES string of the molecule is CCc1nnsc1C(=O)NCCc1nc2ccccc2n1C(C)C. The van der Waals surface area contributed by atoms with Crippen molar-refractivity contribution in [3.63, 3.8) is 0 Å². The molecule has 0 saturated heterocycles. The van der Waals surface area contributed by atoms with E-state index in [9.17, 15) is 4.79 Å². The summed E-state index contributed by atoms with van der Waals surface area (Å²) in [7, 11) is 0. The van der Waals surface area contributed by atoms with E-state index in [-0.39, 0.29) is 5.91 Å². The van der Waals surface area contributed by atoms with Crippen LogP contribution in [0.5, 0.6) is 0 Å². The number of aryl methyl sites for hydroxylation is 1. The zero-order chi connectivity index (χ0) is 17.1. The topological polar surface area (TPSA) is 72.7 Å². The molecule has 7 heteroatoms. The van der Waals surface area contributed by atoms with Gasteiger partial charge in [-0.1, -0.05) is 23.5 Å². The second kappa shape index (κ2) is 7.09. The first-order chi connectivity index (χ1) is 11.6. The van der Waals surface area contributed by atoms with Crippen LogP contribution in [0.3, 0.4) is 0 Å². The Bertz CT molecular complexity index is 852. The molecule has 126 valence electrons. The molecule has 0 aliphatic rings. The van der Waals surface area contributed by atoms with Crippen LogP contribution < -0.4 is 5.32 Å². The van der Waals surface area contributed by atoms with Crippen LogP contribution in [-0.4, -0.2) is 31.6 Å². The quantitative estimate of drug-likeness (QED) is 0.747. The molecular formula is C17H21N5OS. The van der Waals surface area contributed by atoms with Crippen molar-refractivity contribution in [2.45, 2.75) is 39.7 Å². The first-order valence-electron chi connectivity index (χ1n) is 8.17. The van der Waals surface area contributed by atoms with Crippen molar-refractivity contribution in [2.24, 2.45) is 0 Å². The number of para-hydroxylation sites is 2. The van der Waals surface area contributed by atoms with E-state index in [0.29, 0.717) is 30.3 Å². The fourth-order valence-electron chi connectivity index (χ4n) is 2.83. The zero-order valence-corrected chi connectivity index (χ0v) is 14.9. The highest BCUT2D eigenvalue weighted by Gasteiger charge is 2.16. The minimum absolute atomic E-state index is 0.103. The van der Waals surface area contributed by atoms with E-state index < -0.39 is 0 Å². The van der Waals surface area contributed by atoms with Crippen molar-refractivity contribution in [1.82, 2.24) is 24.5 Å². The van der Waals surface area contributed by atoms with E-state index in [2.05, 4.69) is 39.4 Å². The molecule has 0 aliphatic heterocycles. The van der Waals surface area contributed by atoms with Gasteiger partial charge in [0.2, 0.25) is 0 Å². The Morgan fingerprint density at radius 2 is 2.12 bits per heavy atom. The van der Waals surface area contributed by atoms with Crippen molar-refractivity contribution >= 4 is 28.5 Å². The lowest BCUT2D eigenvalue weighted by atomic mass is 10.2. The molecule has 1 N–H and O–H groups in total. The molecular weight excluding hydrogens is 322 g/mol. The molecule has 0 aliphatic carbocycles. The van der Waals surface area contributed by atoms with Crippen molar-refractivity contribution in [3.8, 4) is 0 Å². The highest BCUT2D eigenvalue weighted by Crippen LogP contribution is 2.21. The van der Waals surface area contributed by atoms with Gasteiger partial charge < -0.3 is 9.88 Å². The van der Waals surface area contributed by atoms with Gasteiger partial charge >= 0.3 is 0 Å². The summed E-state index contributed by atoms with van der Waals surface area (Å²) in [4.78, 5) is 17.6. The fourth-order valence-corrected chi connectivity index (χ4v) is 3.49. The number of fused-ring (bicyclic) bond motifs is 1. The predicted octanol–water partition coefficient (Wildman–Crippen LogP) is 3.00. The van der Waals surface area contributed by atoms with Crippen molar-refractivity contribution < 1.29 is 4.79 Å². The summed E-state index contributed by atoms with van der Waals surface area (Å²) >= 11 is 1.15.